The lowest BCUT2D eigenvalue weighted by Crippen LogP contribution is -2.52. The summed E-state index contributed by atoms with van der Waals surface area (Å²) in [5.41, 5.74) is 6.58. The number of piperidine rings is 1. The summed E-state index contributed by atoms with van der Waals surface area (Å²) in [6, 6.07) is 4.46. The van der Waals surface area contributed by atoms with Gasteiger partial charge in [-0.2, -0.15) is 0 Å². The van der Waals surface area contributed by atoms with Crippen LogP contribution in [0.1, 0.15) is 62.9 Å². The molecule has 1 fully saturated rings. The van der Waals surface area contributed by atoms with Gasteiger partial charge >= 0.3 is 0 Å². The van der Waals surface area contributed by atoms with E-state index in [4.69, 9.17) is 5.73 Å². The summed E-state index contributed by atoms with van der Waals surface area (Å²) in [6.45, 7) is 7.62. The number of carbonyl (C=O) groups is 4. The fourth-order valence-corrected chi connectivity index (χ4v) is 4.21. The Morgan fingerprint density at radius 1 is 1.24 bits per heavy atom. The molecule has 1 unspecified atom stereocenters. The topological polar surface area (TPSA) is 122 Å². The summed E-state index contributed by atoms with van der Waals surface area (Å²) in [5, 5.41) is 5.23. The Labute approximate surface area is 170 Å². The molecule has 2 heterocycles. The molecule has 4 N–H and O–H groups in total. The number of hydrogen-bond donors (Lipinski definition) is 3. The van der Waals surface area contributed by atoms with Crippen molar-refractivity contribution in [3.63, 3.8) is 0 Å². The fourth-order valence-electron chi connectivity index (χ4n) is 4.21. The van der Waals surface area contributed by atoms with Crippen LogP contribution in [0.15, 0.2) is 18.2 Å². The lowest BCUT2D eigenvalue weighted by molar-refractivity contribution is -0.137. The third-order valence-electron chi connectivity index (χ3n) is 5.34. The van der Waals surface area contributed by atoms with Gasteiger partial charge < -0.3 is 16.0 Å². The van der Waals surface area contributed by atoms with E-state index in [9.17, 15) is 19.2 Å². The van der Waals surface area contributed by atoms with Crippen molar-refractivity contribution in [3.8, 4) is 0 Å². The largest absolute Gasteiger partial charge is 0.326 e. The van der Waals surface area contributed by atoms with Gasteiger partial charge in [0.25, 0.3) is 5.91 Å². The van der Waals surface area contributed by atoms with E-state index in [2.05, 4.69) is 10.6 Å². The first-order valence-corrected chi connectivity index (χ1v) is 9.76. The van der Waals surface area contributed by atoms with Crippen LogP contribution in [-0.4, -0.2) is 40.1 Å². The molecule has 29 heavy (non-hydrogen) atoms. The van der Waals surface area contributed by atoms with E-state index in [0.717, 1.165) is 0 Å². The number of nitrogens with one attached hydrogen (secondary N) is 2. The maximum Gasteiger partial charge on any atom is 0.255 e. The number of nitrogens with zero attached hydrogens (tertiary/aromatic N) is 1. The molecule has 2 aliphatic rings. The maximum absolute atomic E-state index is 12.9. The van der Waals surface area contributed by atoms with Gasteiger partial charge in [-0.15, -0.1) is 0 Å². The second-order valence-corrected chi connectivity index (χ2v) is 9.24. The van der Waals surface area contributed by atoms with Crippen molar-refractivity contribution in [2.45, 2.75) is 65.1 Å². The van der Waals surface area contributed by atoms with Crippen molar-refractivity contribution in [2.75, 3.05) is 5.32 Å². The van der Waals surface area contributed by atoms with Gasteiger partial charge in [-0.05, 0) is 38.8 Å². The third kappa shape index (κ3) is 4.32. The zero-order chi connectivity index (χ0) is 21.6. The van der Waals surface area contributed by atoms with Gasteiger partial charge in [0.1, 0.15) is 6.04 Å². The van der Waals surface area contributed by atoms with Gasteiger partial charge in [-0.25, -0.2) is 0 Å². The predicted molar refractivity (Wildman–Crippen MR) is 108 cm³/mol. The molecule has 0 bridgehead atoms. The van der Waals surface area contributed by atoms with Crippen LogP contribution in [0.25, 0.3) is 0 Å². The highest BCUT2D eigenvalue weighted by Gasteiger charge is 2.40. The van der Waals surface area contributed by atoms with Gasteiger partial charge in [0.2, 0.25) is 17.7 Å². The molecular formula is C21H28N4O4. The summed E-state index contributed by atoms with van der Waals surface area (Å²) in [4.78, 5) is 50.9. The number of hydrogen-bond acceptors (Lipinski definition) is 5. The molecule has 1 aromatic carbocycles. The zero-order valence-electron chi connectivity index (χ0n) is 17.3. The molecule has 3 rings (SSSR count). The SMILES string of the molecule is CC(C)(N)CC(C)(C)C(=O)Nc1cccc2c1CN(C1CCC(=O)NC1=O)C2=O. The number of anilines is 1. The standard InChI is InChI=1S/C21H28N4O4/c1-20(2,11-21(3,4)22)19(29)23-14-7-5-6-12-13(14)10-25(18(12)28)15-8-9-16(26)24-17(15)27/h5-7,15H,8-11,22H2,1-4H3,(H,23,29)(H,24,26,27). The van der Waals surface area contributed by atoms with E-state index in [-0.39, 0.29) is 30.7 Å². The van der Waals surface area contributed by atoms with Crippen LogP contribution < -0.4 is 16.4 Å². The highest BCUT2D eigenvalue weighted by atomic mass is 16.2. The van der Waals surface area contributed by atoms with E-state index < -0.39 is 22.9 Å². The van der Waals surface area contributed by atoms with Crippen molar-refractivity contribution >= 4 is 29.3 Å². The van der Waals surface area contributed by atoms with Gasteiger partial charge in [0.05, 0.1) is 0 Å². The van der Waals surface area contributed by atoms with E-state index in [1.165, 1.54) is 4.90 Å². The van der Waals surface area contributed by atoms with Crippen LogP contribution in [0, 0.1) is 5.41 Å². The summed E-state index contributed by atoms with van der Waals surface area (Å²) in [5.74, 6) is -1.24. The minimum atomic E-state index is -0.701. The maximum atomic E-state index is 12.9. The highest BCUT2D eigenvalue weighted by Crippen LogP contribution is 2.34. The molecule has 0 spiro atoms. The van der Waals surface area contributed by atoms with Crippen LogP contribution >= 0.6 is 0 Å². The Morgan fingerprint density at radius 3 is 2.55 bits per heavy atom. The summed E-state index contributed by atoms with van der Waals surface area (Å²) in [6.07, 6.45) is 0.982. The first-order chi connectivity index (χ1) is 13.4. The highest BCUT2D eigenvalue weighted by molar-refractivity contribution is 6.07. The molecule has 0 saturated carbocycles. The second kappa shape index (κ2) is 7.26. The fraction of sp³-hybridized carbons (Fsp3) is 0.524. The number of carbonyl (C=O) groups excluding carboxylic acids is 4. The summed E-state index contributed by atoms with van der Waals surface area (Å²) in [7, 11) is 0. The molecule has 156 valence electrons. The van der Waals surface area contributed by atoms with Crippen molar-refractivity contribution in [1.82, 2.24) is 10.2 Å². The van der Waals surface area contributed by atoms with Crippen molar-refractivity contribution in [3.05, 3.63) is 29.3 Å². The molecule has 1 aromatic rings. The Balaban J connectivity index is 1.81. The van der Waals surface area contributed by atoms with Gasteiger partial charge in [-0.3, -0.25) is 24.5 Å². The number of fused-ring (bicyclic) bond motifs is 1. The van der Waals surface area contributed by atoms with Crippen molar-refractivity contribution in [1.29, 1.82) is 0 Å². The van der Waals surface area contributed by atoms with E-state index >= 15 is 0 Å². The summed E-state index contributed by atoms with van der Waals surface area (Å²) < 4.78 is 0. The zero-order valence-corrected chi connectivity index (χ0v) is 17.3. The Hall–Kier alpha value is -2.74. The van der Waals surface area contributed by atoms with Crippen LogP contribution in [0.3, 0.4) is 0 Å². The van der Waals surface area contributed by atoms with Crippen LogP contribution in [0.4, 0.5) is 5.69 Å². The molecular weight excluding hydrogens is 372 g/mol. The quantitative estimate of drug-likeness (QED) is 0.647. The third-order valence-corrected chi connectivity index (χ3v) is 5.34. The second-order valence-electron chi connectivity index (χ2n) is 9.24. The lowest BCUT2D eigenvalue weighted by Gasteiger charge is -2.31. The normalized spacial score (nSPS) is 19.8. The molecule has 4 amide bonds. The minimum Gasteiger partial charge on any atom is -0.326 e. The Kier molecular flexibility index (Phi) is 5.25. The van der Waals surface area contributed by atoms with Gasteiger partial charge in [0, 0.05) is 40.7 Å². The van der Waals surface area contributed by atoms with E-state index in [0.29, 0.717) is 29.7 Å². The van der Waals surface area contributed by atoms with E-state index in [1.807, 2.05) is 27.7 Å². The molecule has 8 heteroatoms. The number of amides is 4. The van der Waals surface area contributed by atoms with Gasteiger partial charge in [-0.1, -0.05) is 19.9 Å². The first kappa shape index (κ1) is 21.0. The minimum absolute atomic E-state index is 0.184. The van der Waals surface area contributed by atoms with Crippen LogP contribution in [0.2, 0.25) is 0 Å². The van der Waals surface area contributed by atoms with Crippen molar-refractivity contribution in [2.24, 2.45) is 11.1 Å². The molecule has 0 aliphatic carbocycles. The van der Waals surface area contributed by atoms with E-state index in [1.54, 1.807) is 18.2 Å². The number of imide groups is 1. The number of rotatable bonds is 5. The lowest BCUT2D eigenvalue weighted by atomic mass is 9.79. The molecule has 1 saturated heterocycles. The van der Waals surface area contributed by atoms with Crippen LogP contribution in [0.5, 0.6) is 0 Å². The molecule has 2 aliphatic heterocycles. The van der Waals surface area contributed by atoms with Gasteiger partial charge in [0.15, 0.2) is 0 Å². The molecule has 8 nitrogen and oxygen atoms in total. The Bertz CT molecular complexity index is 885. The smallest absolute Gasteiger partial charge is 0.255 e. The molecule has 0 radical (unpaired) electrons. The average molecular weight is 400 g/mol. The Morgan fingerprint density at radius 2 is 1.93 bits per heavy atom. The number of nitrogens with two attached hydrogens (primary N) is 1. The van der Waals surface area contributed by atoms with Crippen LogP contribution in [-0.2, 0) is 20.9 Å². The molecule has 0 aromatic heterocycles. The first-order valence-electron chi connectivity index (χ1n) is 9.76. The molecule has 1 atom stereocenters. The predicted octanol–water partition coefficient (Wildman–Crippen LogP) is 1.54. The number of benzene rings is 1. The average Bonchev–Trinajstić information content (AvgIpc) is 2.91. The monoisotopic (exact) mass is 400 g/mol. The van der Waals surface area contributed by atoms with Crippen molar-refractivity contribution < 1.29 is 19.2 Å². The summed E-state index contributed by atoms with van der Waals surface area (Å²) >= 11 is 0.